The molecule has 0 heterocycles. The summed E-state index contributed by atoms with van der Waals surface area (Å²) in [6, 6.07) is 7.34. The SMILES string of the molecule is CCCNC(Cc1ccc([N+](=O)[O-])cc1)CC(C)C. The molecule has 1 rings (SSSR count). The minimum atomic E-state index is -0.356. The van der Waals surface area contributed by atoms with E-state index in [-0.39, 0.29) is 10.6 Å². The van der Waals surface area contributed by atoms with Crippen LogP contribution in [-0.4, -0.2) is 17.5 Å². The van der Waals surface area contributed by atoms with Gasteiger partial charge in [-0.15, -0.1) is 0 Å². The van der Waals surface area contributed by atoms with Gasteiger partial charge in [-0.25, -0.2) is 0 Å². The summed E-state index contributed by atoms with van der Waals surface area (Å²) >= 11 is 0. The Morgan fingerprint density at radius 2 is 1.89 bits per heavy atom. The molecule has 0 aliphatic carbocycles. The van der Waals surface area contributed by atoms with Gasteiger partial charge in [0, 0.05) is 18.2 Å². The lowest BCUT2D eigenvalue weighted by atomic mass is 9.97. The summed E-state index contributed by atoms with van der Waals surface area (Å²) in [4.78, 5) is 10.3. The number of nitro benzene ring substituents is 1. The number of nitro groups is 1. The molecule has 0 saturated heterocycles. The number of benzene rings is 1. The van der Waals surface area contributed by atoms with Crippen LogP contribution < -0.4 is 5.32 Å². The molecule has 1 atom stereocenters. The molecule has 0 radical (unpaired) electrons. The van der Waals surface area contributed by atoms with Crippen LogP contribution >= 0.6 is 0 Å². The van der Waals surface area contributed by atoms with Crippen molar-refractivity contribution >= 4 is 5.69 Å². The van der Waals surface area contributed by atoms with Gasteiger partial charge in [0.05, 0.1) is 4.92 Å². The lowest BCUT2D eigenvalue weighted by Gasteiger charge is -2.20. The molecule has 0 fully saturated rings. The van der Waals surface area contributed by atoms with Gasteiger partial charge >= 0.3 is 0 Å². The summed E-state index contributed by atoms with van der Waals surface area (Å²) < 4.78 is 0. The van der Waals surface area contributed by atoms with Crippen molar-refractivity contribution in [3.05, 3.63) is 39.9 Å². The van der Waals surface area contributed by atoms with Crippen molar-refractivity contribution in [2.75, 3.05) is 6.54 Å². The molecular weight excluding hydrogens is 240 g/mol. The Kier molecular flexibility index (Phi) is 6.50. The molecule has 0 aliphatic heterocycles. The van der Waals surface area contributed by atoms with Gasteiger partial charge in [-0.3, -0.25) is 10.1 Å². The maximum Gasteiger partial charge on any atom is 0.269 e. The zero-order chi connectivity index (χ0) is 14.3. The largest absolute Gasteiger partial charge is 0.314 e. The Morgan fingerprint density at radius 3 is 2.37 bits per heavy atom. The summed E-state index contributed by atoms with van der Waals surface area (Å²) in [5, 5.41) is 14.2. The molecule has 4 heteroatoms. The predicted molar refractivity (Wildman–Crippen MR) is 78.3 cm³/mol. The number of nitrogens with zero attached hydrogens (tertiary/aromatic N) is 1. The number of nitrogens with one attached hydrogen (secondary N) is 1. The normalized spacial score (nSPS) is 12.6. The van der Waals surface area contributed by atoms with Crippen molar-refractivity contribution in [2.24, 2.45) is 5.92 Å². The van der Waals surface area contributed by atoms with Crippen LogP contribution in [0.1, 0.15) is 39.2 Å². The molecule has 0 bridgehead atoms. The summed E-state index contributed by atoms with van der Waals surface area (Å²) in [5.74, 6) is 0.646. The average molecular weight is 264 g/mol. The maximum atomic E-state index is 10.6. The zero-order valence-electron chi connectivity index (χ0n) is 12.1. The highest BCUT2D eigenvalue weighted by Crippen LogP contribution is 2.15. The summed E-state index contributed by atoms with van der Waals surface area (Å²) in [5.41, 5.74) is 1.31. The van der Waals surface area contributed by atoms with Gasteiger partial charge < -0.3 is 5.32 Å². The van der Waals surface area contributed by atoms with E-state index in [2.05, 4.69) is 26.1 Å². The van der Waals surface area contributed by atoms with E-state index >= 15 is 0 Å². The van der Waals surface area contributed by atoms with Crippen LogP contribution in [0.25, 0.3) is 0 Å². The standard InChI is InChI=1S/C15H24N2O2/c1-4-9-16-14(10-12(2)3)11-13-5-7-15(8-6-13)17(18)19/h5-8,12,14,16H,4,9-11H2,1-3H3. The van der Waals surface area contributed by atoms with E-state index in [9.17, 15) is 10.1 Å². The Balaban J connectivity index is 2.63. The average Bonchev–Trinajstić information content (AvgIpc) is 2.36. The van der Waals surface area contributed by atoms with Crippen LogP contribution in [-0.2, 0) is 6.42 Å². The van der Waals surface area contributed by atoms with E-state index in [1.807, 2.05) is 12.1 Å². The first-order chi connectivity index (χ1) is 9.02. The Morgan fingerprint density at radius 1 is 1.26 bits per heavy atom. The van der Waals surface area contributed by atoms with Crippen LogP contribution in [0.3, 0.4) is 0 Å². The molecule has 0 aromatic heterocycles. The van der Waals surface area contributed by atoms with Crippen molar-refractivity contribution < 1.29 is 4.92 Å². The van der Waals surface area contributed by atoms with Crippen LogP contribution in [0, 0.1) is 16.0 Å². The predicted octanol–water partition coefficient (Wildman–Crippen LogP) is 3.55. The first-order valence-electron chi connectivity index (χ1n) is 6.99. The van der Waals surface area contributed by atoms with Crippen molar-refractivity contribution in [1.29, 1.82) is 0 Å². The minimum Gasteiger partial charge on any atom is -0.314 e. The van der Waals surface area contributed by atoms with E-state index in [1.54, 1.807) is 12.1 Å². The van der Waals surface area contributed by atoms with E-state index < -0.39 is 0 Å². The fourth-order valence-corrected chi connectivity index (χ4v) is 2.19. The van der Waals surface area contributed by atoms with Crippen LogP contribution in [0.5, 0.6) is 0 Å². The van der Waals surface area contributed by atoms with Crippen molar-refractivity contribution in [1.82, 2.24) is 5.32 Å². The lowest BCUT2D eigenvalue weighted by molar-refractivity contribution is -0.384. The number of non-ortho nitro benzene ring substituents is 1. The lowest BCUT2D eigenvalue weighted by Crippen LogP contribution is -2.33. The molecule has 0 saturated carbocycles. The Bertz CT molecular complexity index is 388. The van der Waals surface area contributed by atoms with E-state index in [0.29, 0.717) is 12.0 Å². The third kappa shape index (κ3) is 5.83. The molecule has 1 aromatic rings. The highest BCUT2D eigenvalue weighted by molar-refractivity contribution is 5.33. The molecule has 0 spiro atoms. The topological polar surface area (TPSA) is 55.2 Å². The molecule has 1 aromatic carbocycles. The minimum absolute atomic E-state index is 0.158. The van der Waals surface area contributed by atoms with E-state index in [1.165, 1.54) is 0 Å². The van der Waals surface area contributed by atoms with Gasteiger partial charge in [0.25, 0.3) is 5.69 Å². The highest BCUT2D eigenvalue weighted by atomic mass is 16.6. The van der Waals surface area contributed by atoms with Gasteiger partial charge in [-0.1, -0.05) is 32.9 Å². The highest BCUT2D eigenvalue weighted by Gasteiger charge is 2.12. The first-order valence-corrected chi connectivity index (χ1v) is 6.99. The van der Waals surface area contributed by atoms with Gasteiger partial charge in [-0.2, -0.15) is 0 Å². The van der Waals surface area contributed by atoms with Gasteiger partial charge in [-0.05, 0) is 37.3 Å². The third-order valence-corrected chi connectivity index (χ3v) is 3.07. The van der Waals surface area contributed by atoms with Crippen molar-refractivity contribution in [3.63, 3.8) is 0 Å². The molecular formula is C15H24N2O2. The Labute approximate surface area is 115 Å². The summed E-state index contributed by atoms with van der Waals surface area (Å²) in [6.45, 7) is 7.61. The van der Waals surface area contributed by atoms with E-state index in [4.69, 9.17) is 0 Å². The Hall–Kier alpha value is -1.42. The first kappa shape index (κ1) is 15.6. The monoisotopic (exact) mass is 264 g/mol. The van der Waals surface area contributed by atoms with E-state index in [0.717, 1.165) is 31.4 Å². The summed E-state index contributed by atoms with van der Waals surface area (Å²) in [7, 11) is 0. The second-order valence-electron chi connectivity index (χ2n) is 5.41. The van der Waals surface area contributed by atoms with Crippen LogP contribution in [0.2, 0.25) is 0 Å². The number of hydrogen-bond acceptors (Lipinski definition) is 3. The second kappa shape index (κ2) is 7.89. The second-order valence-corrected chi connectivity index (χ2v) is 5.41. The van der Waals surface area contributed by atoms with Gasteiger partial charge in [0.1, 0.15) is 0 Å². The molecule has 0 aliphatic rings. The molecule has 0 amide bonds. The van der Waals surface area contributed by atoms with Crippen LogP contribution in [0.15, 0.2) is 24.3 Å². The van der Waals surface area contributed by atoms with Crippen LogP contribution in [0.4, 0.5) is 5.69 Å². The molecule has 1 unspecified atom stereocenters. The van der Waals surface area contributed by atoms with Gasteiger partial charge in [0.2, 0.25) is 0 Å². The number of hydrogen-bond donors (Lipinski definition) is 1. The molecule has 106 valence electrons. The molecule has 4 nitrogen and oxygen atoms in total. The third-order valence-electron chi connectivity index (χ3n) is 3.07. The summed E-state index contributed by atoms with van der Waals surface area (Å²) in [6.07, 6.45) is 3.17. The fraction of sp³-hybridized carbons (Fsp3) is 0.600. The van der Waals surface area contributed by atoms with Gasteiger partial charge in [0.15, 0.2) is 0 Å². The number of rotatable bonds is 8. The zero-order valence-corrected chi connectivity index (χ0v) is 12.1. The van der Waals surface area contributed by atoms with Crippen molar-refractivity contribution in [3.8, 4) is 0 Å². The molecule has 19 heavy (non-hydrogen) atoms. The quantitative estimate of drug-likeness (QED) is 0.577. The smallest absolute Gasteiger partial charge is 0.269 e. The molecule has 1 N–H and O–H groups in total. The fourth-order valence-electron chi connectivity index (χ4n) is 2.19. The maximum absolute atomic E-state index is 10.6. The van der Waals surface area contributed by atoms with Crippen molar-refractivity contribution in [2.45, 2.75) is 46.1 Å².